The average molecular weight is 269 g/mol. The average Bonchev–Trinajstić information content (AvgIpc) is 2.94. The van der Waals surface area contributed by atoms with Crippen LogP contribution in [0.3, 0.4) is 0 Å². The largest absolute Gasteiger partial charge is 0.383 e. The lowest BCUT2D eigenvalue weighted by Gasteiger charge is -2.36. The number of carbonyl (C=O) groups is 1. The van der Waals surface area contributed by atoms with Crippen LogP contribution in [-0.4, -0.2) is 74.7 Å². The van der Waals surface area contributed by atoms with E-state index in [0.717, 1.165) is 32.5 Å². The predicted octanol–water partition coefficient (Wildman–Crippen LogP) is 0.308. The zero-order valence-corrected chi connectivity index (χ0v) is 12.2. The molecule has 110 valence electrons. The molecule has 1 unspecified atom stereocenters. The van der Waals surface area contributed by atoms with Crippen LogP contribution < -0.4 is 5.32 Å². The molecule has 19 heavy (non-hydrogen) atoms. The van der Waals surface area contributed by atoms with Crippen molar-refractivity contribution in [3.05, 3.63) is 0 Å². The standard InChI is InChI=1S/C14H27N3O2/c1-16(10-11-19-2)14(18)13-4-3-9-17(13)12-5-7-15-8-6-12/h12-13,15H,3-11H2,1-2H3. The van der Waals surface area contributed by atoms with E-state index in [1.54, 1.807) is 7.11 Å². The molecule has 2 saturated heterocycles. The van der Waals surface area contributed by atoms with E-state index in [9.17, 15) is 4.79 Å². The summed E-state index contributed by atoms with van der Waals surface area (Å²) < 4.78 is 5.05. The van der Waals surface area contributed by atoms with E-state index in [4.69, 9.17) is 4.74 Å². The predicted molar refractivity (Wildman–Crippen MR) is 75.1 cm³/mol. The van der Waals surface area contributed by atoms with Crippen LogP contribution in [0.25, 0.3) is 0 Å². The molecule has 0 aliphatic carbocycles. The molecule has 0 radical (unpaired) electrons. The molecule has 2 fully saturated rings. The van der Waals surface area contributed by atoms with Crippen LogP contribution in [0.4, 0.5) is 0 Å². The van der Waals surface area contributed by atoms with E-state index in [-0.39, 0.29) is 11.9 Å². The Hall–Kier alpha value is -0.650. The minimum atomic E-state index is 0.102. The van der Waals surface area contributed by atoms with Gasteiger partial charge < -0.3 is 15.0 Å². The van der Waals surface area contributed by atoms with Gasteiger partial charge in [0.15, 0.2) is 0 Å². The molecule has 2 rings (SSSR count). The number of amides is 1. The van der Waals surface area contributed by atoms with E-state index in [1.165, 1.54) is 12.8 Å². The molecule has 1 amide bonds. The fraction of sp³-hybridized carbons (Fsp3) is 0.929. The molecule has 2 aliphatic rings. The number of hydrogen-bond acceptors (Lipinski definition) is 4. The van der Waals surface area contributed by atoms with Gasteiger partial charge in [-0.1, -0.05) is 0 Å². The van der Waals surface area contributed by atoms with Gasteiger partial charge in [-0.2, -0.15) is 0 Å². The normalized spacial score (nSPS) is 25.7. The number of likely N-dealkylation sites (N-methyl/N-ethyl adjacent to an activating group) is 1. The molecule has 1 N–H and O–H groups in total. The number of piperidine rings is 1. The third-order valence-corrected chi connectivity index (χ3v) is 4.36. The highest BCUT2D eigenvalue weighted by molar-refractivity contribution is 5.82. The SMILES string of the molecule is COCCN(C)C(=O)C1CCCN1C1CCNCC1. The maximum atomic E-state index is 12.5. The second kappa shape index (κ2) is 7.22. The first-order chi connectivity index (χ1) is 9.24. The first kappa shape index (κ1) is 14.8. The molecule has 0 aromatic carbocycles. The van der Waals surface area contributed by atoms with Crippen molar-refractivity contribution in [2.45, 2.75) is 37.8 Å². The summed E-state index contributed by atoms with van der Waals surface area (Å²) in [7, 11) is 3.56. The highest BCUT2D eigenvalue weighted by Gasteiger charge is 2.36. The first-order valence-electron chi connectivity index (χ1n) is 7.44. The number of rotatable bonds is 5. The molecule has 5 heteroatoms. The summed E-state index contributed by atoms with van der Waals surface area (Å²) in [6.45, 7) is 4.55. The van der Waals surface area contributed by atoms with Gasteiger partial charge in [-0.3, -0.25) is 9.69 Å². The smallest absolute Gasteiger partial charge is 0.239 e. The number of methoxy groups -OCH3 is 1. The molecule has 0 aromatic rings. The van der Waals surface area contributed by atoms with Crippen LogP contribution in [0, 0.1) is 0 Å². The van der Waals surface area contributed by atoms with Crippen molar-refractivity contribution in [1.29, 1.82) is 0 Å². The Bertz CT molecular complexity index is 292. The van der Waals surface area contributed by atoms with Gasteiger partial charge in [-0.05, 0) is 45.3 Å². The monoisotopic (exact) mass is 269 g/mol. The van der Waals surface area contributed by atoms with Crippen molar-refractivity contribution in [3.63, 3.8) is 0 Å². The van der Waals surface area contributed by atoms with Crippen molar-refractivity contribution in [1.82, 2.24) is 15.1 Å². The Morgan fingerprint density at radius 2 is 2.11 bits per heavy atom. The van der Waals surface area contributed by atoms with Crippen LogP contribution in [0.2, 0.25) is 0 Å². The third kappa shape index (κ3) is 3.68. The van der Waals surface area contributed by atoms with Crippen LogP contribution >= 0.6 is 0 Å². The van der Waals surface area contributed by atoms with Crippen LogP contribution in [0.1, 0.15) is 25.7 Å². The number of carbonyl (C=O) groups excluding carboxylic acids is 1. The lowest BCUT2D eigenvalue weighted by molar-refractivity contribution is -0.136. The van der Waals surface area contributed by atoms with E-state index in [2.05, 4.69) is 10.2 Å². The highest BCUT2D eigenvalue weighted by atomic mass is 16.5. The van der Waals surface area contributed by atoms with Gasteiger partial charge in [0.1, 0.15) is 0 Å². The number of hydrogen-bond donors (Lipinski definition) is 1. The van der Waals surface area contributed by atoms with Gasteiger partial charge in [-0.15, -0.1) is 0 Å². The van der Waals surface area contributed by atoms with Crippen molar-refractivity contribution in [2.24, 2.45) is 0 Å². The van der Waals surface area contributed by atoms with Crippen molar-refractivity contribution < 1.29 is 9.53 Å². The Balaban J connectivity index is 1.91. The first-order valence-corrected chi connectivity index (χ1v) is 7.44. The van der Waals surface area contributed by atoms with Crippen molar-refractivity contribution in [3.8, 4) is 0 Å². The summed E-state index contributed by atoms with van der Waals surface area (Å²) >= 11 is 0. The van der Waals surface area contributed by atoms with Gasteiger partial charge in [0.2, 0.25) is 5.91 Å². The number of likely N-dealkylation sites (tertiary alicyclic amines) is 1. The molecule has 2 aliphatic heterocycles. The van der Waals surface area contributed by atoms with E-state index in [1.807, 2.05) is 11.9 Å². The van der Waals surface area contributed by atoms with Gasteiger partial charge in [0.25, 0.3) is 0 Å². The highest BCUT2D eigenvalue weighted by Crippen LogP contribution is 2.25. The number of ether oxygens (including phenoxy) is 1. The Labute approximate surface area is 116 Å². The second-order valence-electron chi connectivity index (χ2n) is 5.63. The lowest BCUT2D eigenvalue weighted by Crippen LogP contribution is -2.51. The Morgan fingerprint density at radius 1 is 1.37 bits per heavy atom. The summed E-state index contributed by atoms with van der Waals surface area (Å²) in [6.07, 6.45) is 4.51. The van der Waals surface area contributed by atoms with Gasteiger partial charge in [0, 0.05) is 26.7 Å². The summed E-state index contributed by atoms with van der Waals surface area (Å²) in [6, 6.07) is 0.693. The Morgan fingerprint density at radius 3 is 2.79 bits per heavy atom. The minimum Gasteiger partial charge on any atom is -0.383 e. The molecule has 0 spiro atoms. The van der Waals surface area contributed by atoms with Crippen molar-refractivity contribution in [2.75, 3.05) is 46.9 Å². The second-order valence-corrected chi connectivity index (χ2v) is 5.63. The summed E-state index contributed by atoms with van der Waals surface area (Å²) in [5, 5.41) is 3.39. The number of nitrogens with zero attached hydrogens (tertiary/aromatic N) is 2. The summed E-state index contributed by atoms with van der Waals surface area (Å²) in [5.74, 6) is 0.271. The van der Waals surface area contributed by atoms with Crippen LogP contribution in [0.15, 0.2) is 0 Å². The van der Waals surface area contributed by atoms with Gasteiger partial charge in [0.05, 0.1) is 12.6 Å². The van der Waals surface area contributed by atoms with E-state index in [0.29, 0.717) is 19.2 Å². The molecule has 0 saturated carbocycles. The third-order valence-electron chi connectivity index (χ3n) is 4.36. The molecular weight excluding hydrogens is 242 g/mol. The molecule has 0 aromatic heterocycles. The van der Waals surface area contributed by atoms with Gasteiger partial charge >= 0.3 is 0 Å². The fourth-order valence-electron chi connectivity index (χ4n) is 3.22. The maximum absolute atomic E-state index is 12.5. The maximum Gasteiger partial charge on any atom is 0.239 e. The summed E-state index contributed by atoms with van der Waals surface area (Å²) in [4.78, 5) is 16.8. The molecule has 0 bridgehead atoms. The molecular formula is C14H27N3O2. The van der Waals surface area contributed by atoms with Crippen molar-refractivity contribution >= 4 is 5.91 Å². The Kier molecular flexibility index (Phi) is 5.60. The molecule has 2 heterocycles. The van der Waals surface area contributed by atoms with E-state index < -0.39 is 0 Å². The zero-order valence-electron chi connectivity index (χ0n) is 12.2. The summed E-state index contributed by atoms with van der Waals surface area (Å²) in [5.41, 5.74) is 0. The van der Waals surface area contributed by atoms with Gasteiger partial charge in [-0.25, -0.2) is 0 Å². The van der Waals surface area contributed by atoms with Crippen LogP contribution in [0.5, 0.6) is 0 Å². The minimum absolute atomic E-state index is 0.102. The number of nitrogens with one attached hydrogen (secondary N) is 1. The topological polar surface area (TPSA) is 44.8 Å². The molecule has 1 atom stereocenters. The quantitative estimate of drug-likeness (QED) is 0.780. The zero-order chi connectivity index (χ0) is 13.7. The van der Waals surface area contributed by atoms with E-state index >= 15 is 0 Å². The molecule has 5 nitrogen and oxygen atoms in total. The fourth-order valence-corrected chi connectivity index (χ4v) is 3.22. The lowest BCUT2D eigenvalue weighted by atomic mass is 10.0. The van der Waals surface area contributed by atoms with Crippen LogP contribution in [-0.2, 0) is 9.53 Å².